The third-order valence-electron chi connectivity index (χ3n) is 4.79. The number of anilines is 1. The number of aryl methyl sites for hydroxylation is 1. The number of unbranched alkanes of at least 4 members (excludes halogenated alkanes) is 4. The van der Waals surface area contributed by atoms with Crippen molar-refractivity contribution in [1.29, 1.82) is 0 Å². The summed E-state index contributed by atoms with van der Waals surface area (Å²) in [5.41, 5.74) is 3.17. The molecule has 1 aromatic heterocycles. The normalized spacial score (nSPS) is 10.6. The Balaban J connectivity index is 1.98. The summed E-state index contributed by atoms with van der Waals surface area (Å²) in [5.74, 6) is -0.836. The van der Waals surface area contributed by atoms with Gasteiger partial charge in [0.25, 0.3) is 0 Å². The molecule has 0 unspecified atom stereocenters. The summed E-state index contributed by atoms with van der Waals surface area (Å²) >= 11 is 0. The zero-order valence-corrected chi connectivity index (χ0v) is 17.4. The summed E-state index contributed by atoms with van der Waals surface area (Å²) in [6.45, 7) is 2.87. The van der Waals surface area contributed by atoms with Gasteiger partial charge < -0.3 is 10.4 Å². The van der Waals surface area contributed by atoms with Crippen molar-refractivity contribution >= 4 is 17.7 Å². The lowest BCUT2D eigenvalue weighted by Crippen LogP contribution is -2.37. The number of hydrogen-bond acceptors (Lipinski definition) is 3. The fourth-order valence-corrected chi connectivity index (χ4v) is 3.05. The van der Waals surface area contributed by atoms with E-state index in [1.807, 2.05) is 42.5 Å². The fraction of sp³-hybridized carbons (Fsp3) is 0.435. The minimum Gasteiger partial charge on any atom is -0.481 e. The van der Waals surface area contributed by atoms with Crippen LogP contribution in [0.2, 0.25) is 0 Å². The third kappa shape index (κ3) is 7.56. The van der Waals surface area contributed by atoms with Crippen LogP contribution in [0.25, 0.3) is 11.3 Å². The largest absolute Gasteiger partial charge is 0.481 e. The maximum atomic E-state index is 12.4. The van der Waals surface area contributed by atoms with Gasteiger partial charge in [-0.05, 0) is 30.7 Å². The molecule has 0 spiro atoms. The topological polar surface area (TPSA) is 82.5 Å². The first-order chi connectivity index (χ1) is 14.0. The number of carbonyl (C=O) groups is 2. The molecule has 0 bridgehead atoms. The highest BCUT2D eigenvalue weighted by Crippen LogP contribution is 2.23. The second-order valence-corrected chi connectivity index (χ2v) is 7.16. The Bertz CT molecular complexity index is 807. The van der Waals surface area contributed by atoms with E-state index >= 15 is 0 Å². The highest BCUT2D eigenvalue weighted by atomic mass is 16.4. The van der Waals surface area contributed by atoms with E-state index in [0.717, 1.165) is 35.5 Å². The molecule has 156 valence electrons. The van der Waals surface area contributed by atoms with E-state index in [4.69, 9.17) is 5.11 Å². The number of aliphatic carboxylic acids is 1. The number of carboxylic acids is 1. The minimum atomic E-state index is -0.836. The number of hydrogen-bond donors (Lipinski definition) is 2. The number of nitrogens with one attached hydrogen (secondary N) is 1. The Labute approximate surface area is 173 Å². The maximum absolute atomic E-state index is 12.4. The van der Waals surface area contributed by atoms with Gasteiger partial charge >= 0.3 is 12.0 Å². The Hall–Kier alpha value is -2.89. The highest BCUT2D eigenvalue weighted by molar-refractivity contribution is 5.92. The van der Waals surface area contributed by atoms with Gasteiger partial charge in [0.2, 0.25) is 0 Å². The van der Waals surface area contributed by atoms with Crippen LogP contribution >= 0.6 is 0 Å². The Morgan fingerprint density at radius 3 is 2.59 bits per heavy atom. The van der Waals surface area contributed by atoms with Gasteiger partial charge in [0.15, 0.2) is 0 Å². The molecule has 0 aliphatic heterocycles. The smallest absolute Gasteiger partial charge is 0.321 e. The molecule has 0 aliphatic carbocycles. The van der Waals surface area contributed by atoms with E-state index in [0.29, 0.717) is 13.0 Å². The van der Waals surface area contributed by atoms with E-state index in [2.05, 4.69) is 17.2 Å². The molecule has 0 aliphatic rings. The molecule has 0 saturated carbocycles. The van der Waals surface area contributed by atoms with Crippen molar-refractivity contribution < 1.29 is 14.7 Å². The SMILES string of the molecule is CCCCCCCNC(=O)N(C)c1cccc(-c2cccc(CCC(=O)O)n2)c1. The number of carbonyl (C=O) groups excluding carboxylic acids is 1. The first kappa shape index (κ1) is 22.4. The van der Waals surface area contributed by atoms with Crippen molar-refractivity contribution in [1.82, 2.24) is 10.3 Å². The zero-order valence-electron chi connectivity index (χ0n) is 17.4. The Morgan fingerprint density at radius 2 is 1.83 bits per heavy atom. The van der Waals surface area contributed by atoms with Crippen molar-refractivity contribution in [2.75, 3.05) is 18.5 Å². The van der Waals surface area contributed by atoms with Crippen LogP contribution in [0.3, 0.4) is 0 Å². The monoisotopic (exact) mass is 397 g/mol. The van der Waals surface area contributed by atoms with Gasteiger partial charge in [0.05, 0.1) is 12.1 Å². The van der Waals surface area contributed by atoms with Crippen LogP contribution in [0.1, 0.15) is 51.1 Å². The van der Waals surface area contributed by atoms with Crippen molar-refractivity contribution in [3.63, 3.8) is 0 Å². The summed E-state index contributed by atoms with van der Waals surface area (Å²) in [6.07, 6.45) is 6.24. The molecule has 0 saturated heterocycles. The van der Waals surface area contributed by atoms with Crippen molar-refractivity contribution in [2.45, 2.75) is 51.9 Å². The second kappa shape index (κ2) is 11.8. The quantitative estimate of drug-likeness (QED) is 0.529. The fourth-order valence-electron chi connectivity index (χ4n) is 3.05. The molecule has 2 aromatic rings. The van der Waals surface area contributed by atoms with E-state index in [-0.39, 0.29) is 12.5 Å². The van der Waals surface area contributed by atoms with Crippen LogP contribution in [0.15, 0.2) is 42.5 Å². The number of aromatic nitrogens is 1. The van der Waals surface area contributed by atoms with Gasteiger partial charge in [0, 0.05) is 37.0 Å². The van der Waals surface area contributed by atoms with Crippen LogP contribution in [-0.2, 0) is 11.2 Å². The molecule has 1 aromatic carbocycles. The first-order valence-electron chi connectivity index (χ1n) is 10.3. The summed E-state index contributed by atoms with van der Waals surface area (Å²) in [5, 5.41) is 11.8. The summed E-state index contributed by atoms with van der Waals surface area (Å²) in [6, 6.07) is 13.1. The number of benzene rings is 1. The number of nitrogens with zero attached hydrogens (tertiary/aromatic N) is 2. The van der Waals surface area contributed by atoms with E-state index < -0.39 is 5.97 Å². The van der Waals surface area contributed by atoms with Crippen molar-refractivity contribution in [3.05, 3.63) is 48.2 Å². The number of urea groups is 1. The van der Waals surface area contributed by atoms with Crippen LogP contribution in [0, 0.1) is 0 Å². The standard InChI is InChI=1S/C23H31N3O3/c1-3-4-5-6-7-16-24-23(29)26(2)20-12-8-10-18(17-20)21-13-9-11-19(25-21)14-15-22(27)28/h8-13,17H,3-7,14-16H2,1-2H3,(H,24,29)(H,27,28). The molecule has 6 heteroatoms. The minimum absolute atomic E-state index is 0.0534. The first-order valence-corrected chi connectivity index (χ1v) is 10.3. The average molecular weight is 398 g/mol. The van der Waals surface area contributed by atoms with Gasteiger partial charge in [-0.1, -0.05) is 50.8 Å². The Kier molecular flexibility index (Phi) is 9.15. The predicted octanol–water partition coefficient (Wildman–Crippen LogP) is 4.88. The third-order valence-corrected chi connectivity index (χ3v) is 4.79. The molecule has 0 radical (unpaired) electrons. The number of pyridine rings is 1. The summed E-state index contributed by atoms with van der Waals surface area (Å²) in [4.78, 5) is 29.4. The lowest BCUT2D eigenvalue weighted by atomic mass is 10.1. The number of carboxylic acid groups (broad SMARTS) is 1. The molecule has 29 heavy (non-hydrogen) atoms. The summed E-state index contributed by atoms with van der Waals surface area (Å²) in [7, 11) is 1.75. The molecule has 2 N–H and O–H groups in total. The molecule has 2 rings (SSSR count). The van der Waals surface area contributed by atoms with Gasteiger partial charge in [-0.2, -0.15) is 0 Å². The lowest BCUT2D eigenvalue weighted by Gasteiger charge is -2.19. The molecule has 0 atom stereocenters. The lowest BCUT2D eigenvalue weighted by molar-refractivity contribution is -0.136. The summed E-state index contributed by atoms with van der Waals surface area (Å²) < 4.78 is 0. The molecule has 0 fully saturated rings. The second-order valence-electron chi connectivity index (χ2n) is 7.16. The van der Waals surface area contributed by atoms with E-state index in [1.54, 1.807) is 11.9 Å². The van der Waals surface area contributed by atoms with Crippen LogP contribution in [0.5, 0.6) is 0 Å². The average Bonchev–Trinajstić information content (AvgIpc) is 2.74. The van der Waals surface area contributed by atoms with Crippen LogP contribution in [-0.4, -0.2) is 35.7 Å². The van der Waals surface area contributed by atoms with E-state index in [9.17, 15) is 9.59 Å². The highest BCUT2D eigenvalue weighted by Gasteiger charge is 2.11. The van der Waals surface area contributed by atoms with Crippen molar-refractivity contribution in [3.8, 4) is 11.3 Å². The van der Waals surface area contributed by atoms with Gasteiger partial charge in [-0.3, -0.25) is 14.7 Å². The maximum Gasteiger partial charge on any atom is 0.321 e. The van der Waals surface area contributed by atoms with Crippen LogP contribution in [0.4, 0.5) is 10.5 Å². The van der Waals surface area contributed by atoms with Gasteiger partial charge in [-0.15, -0.1) is 0 Å². The van der Waals surface area contributed by atoms with Gasteiger partial charge in [-0.25, -0.2) is 4.79 Å². The predicted molar refractivity (Wildman–Crippen MR) is 116 cm³/mol. The Morgan fingerprint density at radius 1 is 1.07 bits per heavy atom. The molecular weight excluding hydrogens is 366 g/mol. The van der Waals surface area contributed by atoms with Crippen LogP contribution < -0.4 is 10.2 Å². The number of rotatable bonds is 11. The molecule has 1 heterocycles. The van der Waals surface area contributed by atoms with Crippen molar-refractivity contribution in [2.24, 2.45) is 0 Å². The molecular formula is C23H31N3O3. The van der Waals surface area contributed by atoms with E-state index in [1.165, 1.54) is 19.3 Å². The molecule has 2 amide bonds. The molecule has 6 nitrogen and oxygen atoms in total. The number of amides is 2. The van der Waals surface area contributed by atoms with Gasteiger partial charge in [0.1, 0.15) is 0 Å². The zero-order chi connectivity index (χ0) is 21.1.